The molecule has 25 heavy (non-hydrogen) atoms. The zero-order valence-corrected chi connectivity index (χ0v) is 15.5. The second kappa shape index (κ2) is 8.44. The van der Waals surface area contributed by atoms with Crippen molar-refractivity contribution in [3.8, 4) is 5.69 Å². The molecule has 7 nitrogen and oxygen atoms in total. The van der Waals surface area contributed by atoms with E-state index < -0.39 is 0 Å². The van der Waals surface area contributed by atoms with Crippen molar-refractivity contribution in [2.24, 2.45) is 0 Å². The SMILES string of the molecule is CCN1CCC(NC(=O)CSc2nnnn2-c2cccc(C)c2)CC1. The number of carbonyl (C=O) groups is 1. The molecular weight excluding hydrogens is 336 g/mol. The number of tetrazole rings is 1. The first kappa shape index (κ1) is 17.9. The maximum Gasteiger partial charge on any atom is 0.230 e. The first-order chi connectivity index (χ1) is 12.2. The van der Waals surface area contributed by atoms with Crippen LogP contribution in [0.2, 0.25) is 0 Å². The van der Waals surface area contributed by atoms with Crippen molar-refractivity contribution < 1.29 is 4.79 Å². The van der Waals surface area contributed by atoms with E-state index in [-0.39, 0.29) is 11.9 Å². The molecule has 1 aromatic heterocycles. The van der Waals surface area contributed by atoms with Crippen molar-refractivity contribution in [3.05, 3.63) is 29.8 Å². The lowest BCUT2D eigenvalue weighted by Crippen LogP contribution is -2.45. The number of likely N-dealkylation sites (tertiary alicyclic amines) is 1. The third-order valence-electron chi connectivity index (χ3n) is 4.42. The summed E-state index contributed by atoms with van der Waals surface area (Å²) < 4.78 is 1.67. The lowest BCUT2D eigenvalue weighted by atomic mass is 10.1. The zero-order chi connectivity index (χ0) is 17.6. The Kier molecular flexibility index (Phi) is 6.04. The number of rotatable bonds is 6. The largest absolute Gasteiger partial charge is 0.353 e. The van der Waals surface area contributed by atoms with Crippen LogP contribution in [0.25, 0.3) is 5.69 Å². The van der Waals surface area contributed by atoms with Crippen LogP contribution in [-0.2, 0) is 4.79 Å². The van der Waals surface area contributed by atoms with Gasteiger partial charge in [-0.15, -0.1) is 5.10 Å². The van der Waals surface area contributed by atoms with Crippen LogP contribution < -0.4 is 5.32 Å². The van der Waals surface area contributed by atoms with Gasteiger partial charge in [0.15, 0.2) is 0 Å². The van der Waals surface area contributed by atoms with Gasteiger partial charge in [-0.3, -0.25) is 4.79 Å². The van der Waals surface area contributed by atoms with Crippen molar-refractivity contribution in [3.63, 3.8) is 0 Å². The number of aromatic nitrogens is 4. The Morgan fingerprint density at radius 1 is 1.36 bits per heavy atom. The summed E-state index contributed by atoms with van der Waals surface area (Å²) >= 11 is 1.36. The molecule has 0 unspecified atom stereocenters. The van der Waals surface area contributed by atoms with Gasteiger partial charge in [-0.25, -0.2) is 0 Å². The Morgan fingerprint density at radius 2 is 2.16 bits per heavy atom. The quantitative estimate of drug-likeness (QED) is 0.790. The summed E-state index contributed by atoms with van der Waals surface area (Å²) in [5.74, 6) is 0.360. The van der Waals surface area contributed by atoms with E-state index in [0.29, 0.717) is 10.9 Å². The Morgan fingerprint density at radius 3 is 2.88 bits per heavy atom. The molecule has 0 spiro atoms. The average Bonchev–Trinajstić information content (AvgIpc) is 3.09. The molecule has 1 aliphatic heterocycles. The van der Waals surface area contributed by atoms with Gasteiger partial charge in [0.2, 0.25) is 11.1 Å². The molecular formula is C17H24N6OS. The second-order valence-electron chi connectivity index (χ2n) is 6.28. The van der Waals surface area contributed by atoms with E-state index in [9.17, 15) is 4.79 Å². The monoisotopic (exact) mass is 360 g/mol. The summed E-state index contributed by atoms with van der Waals surface area (Å²) in [4.78, 5) is 14.6. The van der Waals surface area contributed by atoms with E-state index in [4.69, 9.17) is 0 Å². The molecule has 3 rings (SSSR count). The topological polar surface area (TPSA) is 75.9 Å². The van der Waals surface area contributed by atoms with Crippen LogP contribution in [0.3, 0.4) is 0 Å². The lowest BCUT2D eigenvalue weighted by molar-refractivity contribution is -0.119. The average molecular weight is 360 g/mol. The smallest absolute Gasteiger partial charge is 0.230 e. The number of aryl methyl sites for hydroxylation is 1. The van der Waals surface area contributed by atoms with Gasteiger partial charge in [0.25, 0.3) is 0 Å². The molecule has 1 fully saturated rings. The van der Waals surface area contributed by atoms with E-state index >= 15 is 0 Å². The predicted octanol–water partition coefficient (Wildman–Crippen LogP) is 1.66. The summed E-state index contributed by atoms with van der Waals surface area (Å²) in [5, 5.41) is 15.6. The van der Waals surface area contributed by atoms with E-state index in [1.54, 1.807) is 4.68 Å². The number of nitrogens with zero attached hydrogens (tertiary/aromatic N) is 5. The van der Waals surface area contributed by atoms with Gasteiger partial charge in [-0.1, -0.05) is 30.8 Å². The number of hydrogen-bond acceptors (Lipinski definition) is 6. The Bertz CT molecular complexity index is 711. The van der Waals surface area contributed by atoms with Crippen LogP contribution in [0.15, 0.2) is 29.4 Å². The minimum absolute atomic E-state index is 0.0405. The van der Waals surface area contributed by atoms with Crippen LogP contribution in [0, 0.1) is 6.92 Å². The molecule has 0 atom stereocenters. The van der Waals surface area contributed by atoms with Crippen molar-refractivity contribution in [1.82, 2.24) is 30.4 Å². The fraction of sp³-hybridized carbons (Fsp3) is 0.529. The molecule has 0 radical (unpaired) electrons. The lowest BCUT2D eigenvalue weighted by Gasteiger charge is -2.31. The summed E-state index contributed by atoms with van der Waals surface area (Å²) in [6.45, 7) is 7.39. The van der Waals surface area contributed by atoms with Crippen LogP contribution in [-0.4, -0.2) is 62.4 Å². The number of amides is 1. The van der Waals surface area contributed by atoms with Crippen LogP contribution in [0.4, 0.5) is 0 Å². The van der Waals surface area contributed by atoms with Crippen LogP contribution >= 0.6 is 11.8 Å². The number of benzene rings is 1. The number of carbonyl (C=O) groups excluding carboxylic acids is 1. The zero-order valence-electron chi connectivity index (χ0n) is 14.7. The standard InChI is InChI=1S/C17H24N6OS/c1-3-22-9-7-14(8-10-22)18-16(24)12-25-17-19-20-21-23(17)15-6-4-5-13(2)11-15/h4-6,11,14H,3,7-10,12H2,1-2H3,(H,18,24). The first-order valence-electron chi connectivity index (χ1n) is 8.65. The number of thioether (sulfide) groups is 1. The fourth-order valence-corrected chi connectivity index (χ4v) is 3.69. The molecule has 1 aromatic carbocycles. The second-order valence-corrected chi connectivity index (χ2v) is 7.22. The maximum absolute atomic E-state index is 12.2. The Labute approximate surface area is 152 Å². The summed E-state index contributed by atoms with van der Waals surface area (Å²) in [7, 11) is 0. The third-order valence-corrected chi connectivity index (χ3v) is 5.34. The maximum atomic E-state index is 12.2. The molecule has 2 heterocycles. The van der Waals surface area contributed by atoms with Gasteiger partial charge in [-0.05, 0) is 54.4 Å². The first-order valence-corrected chi connectivity index (χ1v) is 9.64. The molecule has 1 saturated heterocycles. The summed E-state index contributed by atoms with van der Waals surface area (Å²) in [5.41, 5.74) is 2.04. The van der Waals surface area contributed by atoms with Crippen molar-refractivity contribution in [2.45, 2.75) is 37.9 Å². The molecule has 8 heteroatoms. The van der Waals surface area contributed by atoms with Crippen LogP contribution in [0.1, 0.15) is 25.3 Å². The molecule has 134 valence electrons. The highest BCUT2D eigenvalue weighted by atomic mass is 32.2. The van der Waals surface area contributed by atoms with Gasteiger partial charge in [0.05, 0.1) is 11.4 Å². The Hall–Kier alpha value is -1.93. The highest BCUT2D eigenvalue weighted by molar-refractivity contribution is 7.99. The minimum atomic E-state index is 0.0405. The van der Waals surface area contributed by atoms with E-state index in [2.05, 4.69) is 32.7 Å². The molecule has 0 aliphatic carbocycles. The molecule has 0 saturated carbocycles. The molecule has 1 N–H and O–H groups in total. The third kappa shape index (κ3) is 4.79. The highest BCUT2D eigenvalue weighted by Crippen LogP contribution is 2.19. The minimum Gasteiger partial charge on any atom is -0.353 e. The van der Waals surface area contributed by atoms with Gasteiger partial charge < -0.3 is 10.2 Å². The van der Waals surface area contributed by atoms with Gasteiger partial charge in [0.1, 0.15) is 0 Å². The molecule has 1 amide bonds. The van der Waals surface area contributed by atoms with Gasteiger partial charge in [0, 0.05) is 19.1 Å². The van der Waals surface area contributed by atoms with Crippen molar-refractivity contribution in [1.29, 1.82) is 0 Å². The van der Waals surface area contributed by atoms with Crippen molar-refractivity contribution in [2.75, 3.05) is 25.4 Å². The fourth-order valence-electron chi connectivity index (χ4n) is 2.98. The number of piperidine rings is 1. The normalized spacial score (nSPS) is 16.1. The Balaban J connectivity index is 1.52. The molecule has 2 aromatic rings. The summed E-state index contributed by atoms with van der Waals surface area (Å²) in [6.07, 6.45) is 2.04. The predicted molar refractivity (Wildman–Crippen MR) is 97.9 cm³/mol. The van der Waals surface area contributed by atoms with E-state index in [1.807, 2.05) is 31.2 Å². The van der Waals surface area contributed by atoms with Crippen molar-refractivity contribution >= 4 is 17.7 Å². The van der Waals surface area contributed by atoms with Gasteiger partial charge in [-0.2, -0.15) is 4.68 Å². The highest BCUT2D eigenvalue weighted by Gasteiger charge is 2.20. The van der Waals surface area contributed by atoms with E-state index in [0.717, 1.165) is 43.7 Å². The number of hydrogen-bond donors (Lipinski definition) is 1. The van der Waals surface area contributed by atoms with Gasteiger partial charge >= 0.3 is 0 Å². The van der Waals surface area contributed by atoms with E-state index in [1.165, 1.54) is 11.8 Å². The molecule has 0 bridgehead atoms. The number of nitrogens with one attached hydrogen (secondary N) is 1. The molecule has 1 aliphatic rings. The summed E-state index contributed by atoms with van der Waals surface area (Å²) in [6, 6.07) is 8.24. The van der Waals surface area contributed by atoms with Crippen LogP contribution in [0.5, 0.6) is 0 Å².